The van der Waals surface area contributed by atoms with E-state index in [9.17, 15) is 0 Å². The number of aromatic nitrogens is 3. The fourth-order valence-corrected chi connectivity index (χ4v) is 8.30. The second-order valence-electron chi connectivity index (χ2n) is 15.9. The van der Waals surface area contributed by atoms with Crippen LogP contribution in [-0.4, -0.2) is 15.0 Å². The zero-order chi connectivity index (χ0) is 37.2. The molecule has 5 heteroatoms. The normalized spacial score (nSPS) is 17.0. The van der Waals surface area contributed by atoms with Crippen LogP contribution in [-0.2, 0) is 20.1 Å². The van der Waals surface area contributed by atoms with Crippen molar-refractivity contribution in [2.75, 3.05) is 0 Å². The third-order valence-electron chi connectivity index (χ3n) is 10.8. The van der Waals surface area contributed by atoms with Gasteiger partial charge < -0.3 is 14.4 Å². The van der Waals surface area contributed by atoms with E-state index in [2.05, 4.69) is 114 Å². The van der Waals surface area contributed by atoms with Gasteiger partial charge in [0.25, 0.3) is 0 Å². The molecule has 0 saturated heterocycles. The van der Waals surface area contributed by atoms with Crippen LogP contribution in [0.15, 0.2) is 102 Å². The van der Waals surface area contributed by atoms with Gasteiger partial charge >= 0.3 is 0 Å². The number of hydrogen-bond donors (Lipinski definition) is 0. The first-order valence-electron chi connectivity index (χ1n) is 19.3. The predicted octanol–water partition coefficient (Wildman–Crippen LogP) is 13.5. The van der Waals surface area contributed by atoms with Crippen LogP contribution in [0.4, 0.5) is 0 Å². The van der Waals surface area contributed by atoms with Gasteiger partial charge in [0.2, 0.25) is 5.71 Å². The molecule has 0 N–H and O–H groups in total. The number of benzene rings is 3. The minimum absolute atomic E-state index is 0. The van der Waals surface area contributed by atoms with Gasteiger partial charge in [-0.15, -0.1) is 54.1 Å². The van der Waals surface area contributed by atoms with Gasteiger partial charge in [0.05, 0.1) is 11.3 Å². The summed E-state index contributed by atoms with van der Waals surface area (Å²) in [6.45, 7) is 18.0. The van der Waals surface area contributed by atoms with Crippen LogP contribution >= 0.6 is 0 Å². The first-order chi connectivity index (χ1) is 25.6. The quantitative estimate of drug-likeness (QED) is 0.156. The number of hydrogen-bond acceptors (Lipinski definition) is 4. The largest absolute Gasteiger partial charge is 0.486 e. The van der Waals surface area contributed by atoms with Crippen molar-refractivity contribution in [3.05, 3.63) is 137 Å². The summed E-state index contributed by atoms with van der Waals surface area (Å²) in [7, 11) is 0. The van der Waals surface area contributed by atoms with Gasteiger partial charge in [-0.1, -0.05) is 88.9 Å². The Morgan fingerprint density at radius 1 is 0.685 bits per heavy atom. The Labute approximate surface area is 335 Å². The molecule has 3 aromatic carbocycles. The van der Waals surface area contributed by atoms with E-state index < -0.39 is 0 Å². The number of furan rings is 1. The number of rotatable bonds is 6. The average molecular weight is 890 g/mol. The fourth-order valence-electron chi connectivity index (χ4n) is 8.30. The van der Waals surface area contributed by atoms with Crippen LogP contribution in [0.3, 0.4) is 0 Å². The summed E-state index contributed by atoms with van der Waals surface area (Å²) in [6, 6.07) is 35.9. The molecule has 4 heterocycles. The second-order valence-corrected chi connectivity index (χ2v) is 15.9. The third-order valence-corrected chi connectivity index (χ3v) is 10.8. The van der Waals surface area contributed by atoms with Crippen molar-refractivity contribution in [1.82, 2.24) is 15.0 Å². The maximum absolute atomic E-state index is 6.57. The molecular formula is C49H51IrN3O-2. The number of aryl methyl sites for hydroxylation is 2. The molecule has 54 heavy (non-hydrogen) atoms. The van der Waals surface area contributed by atoms with E-state index in [-0.39, 0.29) is 20.1 Å². The van der Waals surface area contributed by atoms with Gasteiger partial charge in [0, 0.05) is 43.4 Å². The van der Waals surface area contributed by atoms with E-state index in [1.54, 1.807) is 0 Å². The molecule has 0 bridgehead atoms. The Kier molecular flexibility index (Phi) is 12.3. The molecule has 1 radical (unpaired) electrons. The topological polar surface area (TPSA) is 51.8 Å². The molecule has 7 aromatic rings. The summed E-state index contributed by atoms with van der Waals surface area (Å²) in [5.41, 5.74) is 14.1. The van der Waals surface area contributed by atoms with Crippen molar-refractivity contribution in [2.45, 2.75) is 92.4 Å². The van der Waals surface area contributed by atoms with Gasteiger partial charge in [0.15, 0.2) is 0 Å². The van der Waals surface area contributed by atoms with Gasteiger partial charge in [0.1, 0.15) is 0 Å². The smallest absolute Gasteiger partial charge is 0.216 e. The zero-order valence-corrected chi connectivity index (χ0v) is 35.2. The SMILES string of the molecule is Cc1ccc(-c2[c-]cccc2)nc1.Cc1cnc(-c2[c-]ccc3c2oc2nc(-c4c(C(C)C)cccc4C(C)C)ccc23)cc1C1CC(C)CC(C)C1.[Ir]. The Morgan fingerprint density at radius 3 is 2.04 bits per heavy atom. The van der Waals surface area contributed by atoms with Crippen molar-refractivity contribution in [3.63, 3.8) is 0 Å². The summed E-state index contributed by atoms with van der Waals surface area (Å²) in [5, 5.41) is 2.09. The van der Waals surface area contributed by atoms with E-state index >= 15 is 0 Å². The molecule has 2 unspecified atom stereocenters. The predicted molar refractivity (Wildman–Crippen MR) is 220 cm³/mol. The number of nitrogens with zero attached hydrogens (tertiary/aromatic N) is 3. The van der Waals surface area contributed by atoms with Crippen LogP contribution < -0.4 is 0 Å². The second kappa shape index (κ2) is 16.9. The van der Waals surface area contributed by atoms with Gasteiger partial charge in [-0.3, -0.25) is 0 Å². The Balaban J connectivity index is 0.000000300. The Bertz CT molecular complexity index is 2310. The molecule has 0 aliphatic heterocycles. The van der Waals surface area contributed by atoms with Crippen molar-refractivity contribution in [1.29, 1.82) is 0 Å². The van der Waals surface area contributed by atoms with E-state index in [0.717, 1.165) is 56.4 Å². The molecule has 1 saturated carbocycles. The molecule has 4 nitrogen and oxygen atoms in total. The maximum atomic E-state index is 6.57. The first kappa shape index (κ1) is 39.3. The van der Waals surface area contributed by atoms with E-state index in [1.807, 2.05) is 55.7 Å². The molecule has 279 valence electrons. The van der Waals surface area contributed by atoms with Gasteiger partial charge in [-0.2, -0.15) is 0 Å². The molecule has 4 aromatic heterocycles. The zero-order valence-electron chi connectivity index (χ0n) is 32.8. The summed E-state index contributed by atoms with van der Waals surface area (Å²) in [4.78, 5) is 14.3. The third kappa shape index (κ3) is 8.28. The van der Waals surface area contributed by atoms with Gasteiger partial charge in [-0.05, 0) is 114 Å². The van der Waals surface area contributed by atoms with E-state index in [0.29, 0.717) is 23.5 Å². The molecule has 8 rings (SSSR count). The van der Waals surface area contributed by atoms with Crippen LogP contribution in [0.25, 0.3) is 55.8 Å². The van der Waals surface area contributed by atoms with Crippen molar-refractivity contribution in [3.8, 4) is 33.8 Å². The Morgan fingerprint density at radius 2 is 1.39 bits per heavy atom. The monoisotopic (exact) mass is 890 g/mol. The van der Waals surface area contributed by atoms with E-state index in [4.69, 9.17) is 14.4 Å². The standard InChI is InChI=1S/C37H41N2O.C12H10N.Ir/c1-21(2)27-10-8-11-28(22(3)4)35(27)33-15-14-30-29-12-9-13-31(36(29)40-37(30)39-33)34-19-32(25(7)20-38-34)26-17-23(5)16-24(6)18-26;1-10-7-8-12(13-9-10)11-5-3-2-4-6-11;/h8-12,14-15,19-24,26H,16-18H2,1-7H3;2-5,7-9H,1H3;/q2*-1;. The minimum atomic E-state index is 0. The van der Waals surface area contributed by atoms with Gasteiger partial charge in [-0.25, -0.2) is 4.98 Å². The van der Waals surface area contributed by atoms with Crippen LogP contribution in [0.2, 0.25) is 0 Å². The molecular weight excluding hydrogens is 839 g/mol. The molecule has 2 atom stereocenters. The summed E-state index contributed by atoms with van der Waals surface area (Å²) < 4.78 is 6.57. The number of fused-ring (bicyclic) bond motifs is 3. The molecule has 1 aliphatic carbocycles. The van der Waals surface area contributed by atoms with E-state index in [1.165, 1.54) is 52.6 Å². The molecule has 0 spiro atoms. The van der Waals surface area contributed by atoms with Crippen LogP contribution in [0, 0.1) is 37.8 Å². The van der Waals surface area contributed by atoms with Crippen molar-refractivity contribution >= 4 is 22.1 Å². The number of pyridine rings is 3. The van der Waals surface area contributed by atoms with Crippen molar-refractivity contribution in [2.24, 2.45) is 11.8 Å². The van der Waals surface area contributed by atoms with Crippen LogP contribution in [0.1, 0.15) is 106 Å². The van der Waals surface area contributed by atoms with Crippen LogP contribution in [0.5, 0.6) is 0 Å². The minimum Gasteiger partial charge on any atom is -0.486 e. The molecule has 0 amide bonds. The summed E-state index contributed by atoms with van der Waals surface area (Å²) in [5.74, 6) is 2.90. The summed E-state index contributed by atoms with van der Waals surface area (Å²) in [6.07, 6.45) is 7.73. The molecule has 1 fully saturated rings. The fraction of sp³-hybridized carbons (Fsp3) is 0.327. The first-order valence-corrected chi connectivity index (χ1v) is 19.3. The Hall–Kier alpha value is -4.44. The summed E-state index contributed by atoms with van der Waals surface area (Å²) >= 11 is 0. The van der Waals surface area contributed by atoms with Crippen molar-refractivity contribution < 1.29 is 24.5 Å². The molecule has 1 aliphatic rings. The average Bonchev–Trinajstić information content (AvgIpc) is 3.53. The maximum Gasteiger partial charge on any atom is 0.216 e.